The van der Waals surface area contributed by atoms with Gasteiger partial charge in [-0.2, -0.15) is 0 Å². The Bertz CT molecular complexity index is 1210. The van der Waals surface area contributed by atoms with Crippen LogP contribution in [0.5, 0.6) is 0 Å². The van der Waals surface area contributed by atoms with Gasteiger partial charge in [0.15, 0.2) is 0 Å². The van der Waals surface area contributed by atoms with Crippen molar-refractivity contribution in [1.82, 2.24) is 20.6 Å². The second kappa shape index (κ2) is 11.5. The quantitative estimate of drug-likeness (QED) is 0.460. The summed E-state index contributed by atoms with van der Waals surface area (Å²) in [6, 6.07) is 8.14. The number of fused-ring (bicyclic) bond motifs is 1. The zero-order chi connectivity index (χ0) is 28.2. The van der Waals surface area contributed by atoms with Crippen molar-refractivity contribution in [3.63, 3.8) is 0 Å². The molecule has 2 amide bonds. The molecule has 0 saturated carbocycles. The van der Waals surface area contributed by atoms with E-state index in [9.17, 15) is 19.2 Å². The number of hydrogen-bond acceptors (Lipinski definition) is 8. The Morgan fingerprint density at radius 3 is 2.49 bits per heavy atom. The molecule has 2 unspecified atom stereocenters. The van der Waals surface area contributed by atoms with Crippen LogP contribution in [0, 0.1) is 5.92 Å². The highest BCUT2D eigenvalue weighted by Crippen LogP contribution is 2.39. The molecule has 3 heterocycles. The molecule has 0 bridgehead atoms. The molecule has 2 aliphatic rings. The van der Waals surface area contributed by atoms with Crippen molar-refractivity contribution in [2.75, 3.05) is 13.6 Å². The van der Waals surface area contributed by atoms with Gasteiger partial charge < -0.3 is 24.3 Å². The third-order valence-corrected chi connectivity index (χ3v) is 7.95. The van der Waals surface area contributed by atoms with Gasteiger partial charge in [0, 0.05) is 25.9 Å². The van der Waals surface area contributed by atoms with Crippen LogP contribution in [0.2, 0.25) is 0 Å². The summed E-state index contributed by atoms with van der Waals surface area (Å²) in [7, 11) is 1.92. The highest BCUT2D eigenvalue weighted by atomic mass is 16.7. The van der Waals surface area contributed by atoms with Crippen LogP contribution in [0.15, 0.2) is 48.9 Å². The van der Waals surface area contributed by atoms with Gasteiger partial charge in [-0.1, -0.05) is 44.2 Å². The summed E-state index contributed by atoms with van der Waals surface area (Å²) in [6.07, 6.45) is 5.15. The predicted molar refractivity (Wildman–Crippen MR) is 143 cm³/mol. The van der Waals surface area contributed by atoms with Crippen LogP contribution in [-0.4, -0.2) is 76.4 Å². The Morgan fingerprint density at radius 1 is 1.10 bits per heavy atom. The Labute approximate surface area is 228 Å². The molecule has 11 nitrogen and oxygen atoms in total. The summed E-state index contributed by atoms with van der Waals surface area (Å²) in [5.41, 5.74) is 0.911. The number of aromatic nitrogens is 2. The molecule has 12 heteroatoms. The molecular formula is C27H36BN5O6. The van der Waals surface area contributed by atoms with Gasteiger partial charge >= 0.3 is 6.69 Å². The summed E-state index contributed by atoms with van der Waals surface area (Å²) in [5, 5.41) is 5.82. The van der Waals surface area contributed by atoms with E-state index >= 15 is 0 Å². The zero-order valence-corrected chi connectivity index (χ0v) is 22.8. The van der Waals surface area contributed by atoms with Crippen LogP contribution in [0.25, 0.3) is 0 Å². The molecule has 4 rings (SSSR count). The molecule has 2 fully saturated rings. The van der Waals surface area contributed by atoms with Crippen LogP contribution in [-0.2, 0) is 30.1 Å². The van der Waals surface area contributed by atoms with Crippen LogP contribution in [0.3, 0.4) is 0 Å². The lowest BCUT2D eigenvalue weighted by Gasteiger charge is -2.64. The summed E-state index contributed by atoms with van der Waals surface area (Å²) < 4.78 is 12.1. The van der Waals surface area contributed by atoms with Gasteiger partial charge in [-0.15, -0.1) is 0 Å². The maximum Gasteiger partial charge on any atom is 0.604 e. The lowest BCUT2D eigenvalue weighted by Crippen LogP contribution is -2.85. The molecule has 208 valence electrons. The second-order valence-electron chi connectivity index (χ2n) is 11.1. The molecule has 2 aromatic rings. The van der Waals surface area contributed by atoms with Crippen LogP contribution < -0.4 is 10.6 Å². The molecule has 2 N–H and O–H groups in total. The number of benzene rings is 1. The van der Waals surface area contributed by atoms with E-state index in [0.29, 0.717) is 13.0 Å². The summed E-state index contributed by atoms with van der Waals surface area (Å²) in [6.45, 7) is 3.68. The number of quaternary nitrogens is 1. The summed E-state index contributed by atoms with van der Waals surface area (Å²) in [4.78, 5) is 60.3. The molecule has 5 atom stereocenters. The average Bonchev–Trinajstić information content (AvgIpc) is 2.90. The van der Waals surface area contributed by atoms with E-state index in [1.165, 1.54) is 18.6 Å². The van der Waals surface area contributed by atoms with Gasteiger partial charge in [0.05, 0.1) is 37.6 Å². The topological polar surface area (TPSA) is 137 Å². The van der Waals surface area contributed by atoms with Gasteiger partial charge in [-0.3, -0.25) is 24.2 Å². The minimum atomic E-state index is -2.63. The predicted octanol–water partition coefficient (Wildman–Crippen LogP) is 1.56. The van der Waals surface area contributed by atoms with Crippen molar-refractivity contribution in [2.45, 2.75) is 64.5 Å². The highest BCUT2D eigenvalue weighted by molar-refractivity contribution is 6.66. The first kappa shape index (κ1) is 28.2. The number of carbonyl (C=O) groups is 4. The molecule has 0 spiro atoms. The maximum atomic E-state index is 13.9. The van der Waals surface area contributed by atoms with Gasteiger partial charge in [0.1, 0.15) is 11.7 Å². The van der Waals surface area contributed by atoms with Crippen LogP contribution >= 0.6 is 0 Å². The van der Waals surface area contributed by atoms with Gasteiger partial charge in [-0.05, 0) is 24.8 Å². The molecule has 2 aliphatic heterocycles. The number of amides is 2. The summed E-state index contributed by atoms with van der Waals surface area (Å²) in [5.74, 6) is -2.70. The Morgan fingerprint density at radius 2 is 1.82 bits per heavy atom. The van der Waals surface area contributed by atoms with Crippen molar-refractivity contribution in [1.29, 1.82) is 0 Å². The van der Waals surface area contributed by atoms with Crippen molar-refractivity contribution in [3.05, 3.63) is 60.2 Å². The highest BCUT2D eigenvalue weighted by Gasteiger charge is 2.66. The standard InChI is InChI=1S/C27H36BN5O6/c1-18(2)14-23(28-33(4,13-10-24(34)38-28)19(3)15-25(35)39-28)32-26(36)21(16-20-8-6-5-7-9-20)31-27(37)22-17-29-11-12-30-22/h5-9,11-12,17-19,21,23H,10,13-16H2,1-4H3,(H,31,37)(H,32,36)/t19-,21+,23+,28?,33?/m1/s1. The van der Waals surface area contributed by atoms with Gasteiger partial charge in [0.25, 0.3) is 17.8 Å². The molecule has 0 radical (unpaired) electrons. The lowest BCUT2D eigenvalue weighted by atomic mass is 9.53. The molecular weight excluding hydrogens is 501 g/mol. The minimum Gasteiger partial charge on any atom is -0.603 e. The average molecular weight is 537 g/mol. The summed E-state index contributed by atoms with van der Waals surface area (Å²) >= 11 is 0. The molecule has 2 saturated heterocycles. The van der Waals surface area contributed by atoms with E-state index in [1.54, 1.807) is 0 Å². The fourth-order valence-electron chi connectivity index (χ4n) is 5.70. The largest absolute Gasteiger partial charge is 0.604 e. The zero-order valence-electron chi connectivity index (χ0n) is 22.8. The third kappa shape index (κ3) is 5.95. The number of nitrogens with zero attached hydrogens (tertiary/aromatic N) is 3. The van der Waals surface area contributed by atoms with Crippen LogP contribution in [0.1, 0.15) is 56.1 Å². The van der Waals surface area contributed by atoms with Crippen molar-refractivity contribution in [3.8, 4) is 0 Å². The Kier molecular flexibility index (Phi) is 8.34. The third-order valence-electron chi connectivity index (χ3n) is 7.95. The molecule has 1 aromatic carbocycles. The van der Waals surface area contributed by atoms with Crippen molar-refractivity contribution < 1.29 is 32.9 Å². The minimum absolute atomic E-state index is 0.0679. The monoisotopic (exact) mass is 537 g/mol. The number of nitrogens with one attached hydrogen (secondary N) is 2. The number of hydrogen-bond donors (Lipinski definition) is 2. The fraction of sp³-hybridized carbons (Fsp3) is 0.481. The van der Waals surface area contributed by atoms with E-state index in [2.05, 4.69) is 20.6 Å². The first-order valence-corrected chi connectivity index (χ1v) is 13.4. The fourth-order valence-corrected chi connectivity index (χ4v) is 5.70. The smallest absolute Gasteiger partial charge is 0.603 e. The van der Waals surface area contributed by atoms with E-state index in [4.69, 9.17) is 9.31 Å². The van der Waals surface area contributed by atoms with Gasteiger partial charge in [-0.25, -0.2) is 4.98 Å². The first-order chi connectivity index (χ1) is 18.5. The van der Waals surface area contributed by atoms with Crippen molar-refractivity contribution in [2.24, 2.45) is 5.92 Å². The molecule has 0 aliphatic carbocycles. The lowest BCUT2D eigenvalue weighted by molar-refractivity contribution is -0.859. The second-order valence-corrected chi connectivity index (χ2v) is 11.1. The molecule has 39 heavy (non-hydrogen) atoms. The maximum absolute atomic E-state index is 13.9. The van der Waals surface area contributed by atoms with E-state index < -0.39 is 42.4 Å². The van der Waals surface area contributed by atoms with Gasteiger partial charge in [0.2, 0.25) is 5.91 Å². The normalized spacial score (nSPS) is 26.0. The SMILES string of the molecule is CC(C)C[C@H](NC(=O)[C@H](Cc1ccccc1)NC(=O)c1cnccn1)[B-]12OC(=O)CC[N+]1(C)[C@H](C)CC(=O)O2. The number of rotatable bonds is 9. The van der Waals surface area contributed by atoms with E-state index in [-0.39, 0.29) is 41.3 Å². The molecule has 1 aromatic heterocycles. The van der Waals surface area contributed by atoms with Crippen molar-refractivity contribution >= 4 is 30.4 Å². The number of carbonyl (C=O) groups excluding carboxylic acids is 4. The Balaban J connectivity index is 1.68. The van der Waals surface area contributed by atoms with E-state index in [1.807, 2.05) is 58.2 Å². The van der Waals surface area contributed by atoms with Crippen LogP contribution in [0.4, 0.5) is 0 Å². The van der Waals surface area contributed by atoms with E-state index in [0.717, 1.165) is 5.56 Å². The Hall–Kier alpha value is -3.80. The first-order valence-electron chi connectivity index (χ1n) is 13.4.